The molecule has 2 aromatic heterocycles. The number of carbonyl (C=O) groups excluding carboxylic acids is 1. The van der Waals surface area contributed by atoms with Crippen molar-refractivity contribution in [2.24, 2.45) is 0 Å². The topological polar surface area (TPSA) is 55.4 Å². The third-order valence-corrected chi connectivity index (χ3v) is 4.84. The number of nitrogens with one attached hydrogen (secondary N) is 1. The van der Waals surface area contributed by atoms with Crippen LogP contribution in [0.4, 0.5) is 0 Å². The number of furan rings is 2. The molecular weight excluding hydrogens is 430 g/mol. The number of hydrogen-bond donors (Lipinski definition) is 1. The highest BCUT2D eigenvalue weighted by atomic mass is 79.9. The van der Waals surface area contributed by atoms with Gasteiger partial charge in [0.1, 0.15) is 23.0 Å². The number of carbonyl (C=O) groups is 1. The Hall–Kier alpha value is -3.31. The summed E-state index contributed by atoms with van der Waals surface area (Å²) >= 11 is 3.42. The van der Waals surface area contributed by atoms with Crippen LogP contribution >= 0.6 is 15.9 Å². The van der Waals surface area contributed by atoms with E-state index in [1.54, 1.807) is 6.08 Å². The Morgan fingerprint density at radius 1 is 0.828 bits per heavy atom. The van der Waals surface area contributed by atoms with Crippen molar-refractivity contribution in [3.05, 3.63) is 101 Å². The van der Waals surface area contributed by atoms with E-state index in [4.69, 9.17) is 8.83 Å². The lowest BCUT2D eigenvalue weighted by atomic mass is 10.2. The lowest BCUT2D eigenvalue weighted by Gasteiger charge is -2.00. The number of halogens is 1. The zero-order chi connectivity index (χ0) is 20.1. The number of benzene rings is 2. The molecule has 0 aliphatic carbocycles. The van der Waals surface area contributed by atoms with E-state index in [1.165, 1.54) is 6.08 Å². The maximum atomic E-state index is 12.1. The molecule has 5 heteroatoms. The fourth-order valence-electron chi connectivity index (χ4n) is 2.83. The highest BCUT2D eigenvalue weighted by Gasteiger charge is 2.06. The van der Waals surface area contributed by atoms with E-state index in [-0.39, 0.29) is 5.91 Å². The molecular formula is C24H18BrNO3. The first-order chi connectivity index (χ1) is 14.2. The molecule has 0 atom stereocenters. The minimum atomic E-state index is -0.218. The summed E-state index contributed by atoms with van der Waals surface area (Å²) in [4.78, 5) is 12.1. The van der Waals surface area contributed by atoms with Crippen molar-refractivity contribution in [1.29, 1.82) is 0 Å². The molecule has 1 N–H and O–H groups in total. The molecule has 0 unspecified atom stereocenters. The van der Waals surface area contributed by atoms with Gasteiger partial charge >= 0.3 is 0 Å². The molecule has 2 heterocycles. The molecule has 0 aliphatic heterocycles. The second-order valence-corrected chi connectivity index (χ2v) is 7.31. The first kappa shape index (κ1) is 19.0. The molecule has 4 aromatic rings. The molecule has 0 spiro atoms. The van der Waals surface area contributed by atoms with E-state index in [1.807, 2.05) is 78.9 Å². The van der Waals surface area contributed by atoms with Gasteiger partial charge in [0, 0.05) is 21.7 Å². The van der Waals surface area contributed by atoms with E-state index < -0.39 is 0 Å². The number of amides is 1. The van der Waals surface area contributed by atoms with Crippen LogP contribution in [0.3, 0.4) is 0 Å². The van der Waals surface area contributed by atoms with Crippen LogP contribution < -0.4 is 5.32 Å². The van der Waals surface area contributed by atoms with E-state index in [9.17, 15) is 4.79 Å². The fourth-order valence-corrected chi connectivity index (χ4v) is 3.10. The summed E-state index contributed by atoms with van der Waals surface area (Å²) in [5.41, 5.74) is 1.98. The van der Waals surface area contributed by atoms with Gasteiger partial charge in [-0.25, -0.2) is 0 Å². The van der Waals surface area contributed by atoms with Gasteiger partial charge in [-0.1, -0.05) is 58.4 Å². The number of hydrogen-bond acceptors (Lipinski definition) is 3. The Bertz CT molecular complexity index is 1120. The van der Waals surface area contributed by atoms with Crippen molar-refractivity contribution in [2.45, 2.75) is 6.54 Å². The molecule has 1 amide bonds. The standard InChI is InChI=1S/C24H18BrNO3/c25-19-8-6-18(7-9-19)23-14-11-21(29-23)16-26-24(27)15-12-20-10-13-22(28-20)17-4-2-1-3-5-17/h1-15H,16H2,(H,26,27)/b15-12+. The summed E-state index contributed by atoms with van der Waals surface area (Å²) in [5, 5.41) is 2.81. The Balaban J connectivity index is 1.32. The van der Waals surface area contributed by atoms with Crippen LogP contribution in [0.15, 0.2) is 98.2 Å². The van der Waals surface area contributed by atoms with Crippen molar-refractivity contribution >= 4 is 27.9 Å². The lowest BCUT2D eigenvalue weighted by molar-refractivity contribution is -0.116. The van der Waals surface area contributed by atoms with Crippen molar-refractivity contribution in [1.82, 2.24) is 5.32 Å². The summed E-state index contributed by atoms with van der Waals surface area (Å²) in [7, 11) is 0. The van der Waals surface area contributed by atoms with Crippen LogP contribution in [0, 0.1) is 0 Å². The Labute approximate surface area is 177 Å². The molecule has 0 fully saturated rings. The molecule has 4 nitrogen and oxygen atoms in total. The van der Waals surface area contributed by atoms with Crippen molar-refractivity contribution < 1.29 is 13.6 Å². The van der Waals surface area contributed by atoms with Crippen LogP contribution in [0.25, 0.3) is 28.7 Å². The predicted octanol–water partition coefficient (Wildman–Crippen LogP) is 6.30. The minimum Gasteiger partial charge on any atom is -0.459 e. The maximum Gasteiger partial charge on any atom is 0.244 e. The van der Waals surface area contributed by atoms with Gasteiger partial charge in [0.15, 0.2) is 0 Å². The molecule has 0 radical (unpaired) electrons. The van der Waals surface area contributed by atoms with Gasteiger partial charge in [-0.3, -0.25) is 4.79 Å². The van der Waals surface area contributed by atoms with Crippen LogP contribution in [-0.4, -0.2) is 5.91 Å². The van der Waals surface area contributed by atoms with Crippen molar-refractivity contribution in [3.63, 3.8) is 0 Å². The monoisotopic (exact) mass is 447 g/mol. The molecule has 144 valence electrons. The maximum absolute atomic E-state index is 12.1. The zero-order valence-corrected chi connectivity index (χ0v) is 17.1. The van der Waals surface area contributed by atoms with Crippen LogP contribution in [-0.2, 0) is 11.3 Å². The zero-order valence-electron chi connectivity index (χ0n) is 15.5. The second kappa shape index (κ2) is 8.80. The molecule has 0 saturated carbocycles. The van der Waals surface area contributed by atoms with Crippen LogP contribution in [0.1, 0.15) is 11.5 Å². The smallest absolute Gasteiger partial charge is 0.244 e. The van der Waals surface area contributed by atoms with Crippen LogP contribution in [0.5, 0.6) is 0 Å². The summed E-state index contributed by atoms with van der Waals surface area (Å²) in [6, 6.07) is 25.2. The van der Waals surface area contributed by atoms with Gasteiger partial charge < -0.3 is 14.2 Å². The largest absolute Gasteiger partial charge is 0.459 e. The summed E-state index contributed by atoms with van der Waals surface area (Å²) < 4.78 is 12.6. The molecule has 2 aromatic carbocycles. The Morgan fingerprint density at radius 2 is 1.52 bits per heavy atom. The number of rotatable bonds is 6. The highest BCUT2D eigenvalue weighted by molar-refractivity contribution is 9.10. The van der Waals surface area contributed by atoms with Crippen molar-refractivity contribution in [2.75, 3.05) is 0 Å². The van der Waals surface area contributed by atoms with Gasteiger partial charge in [-0.05, 0) is 42.5 Å². The lowest BCUT2D eigenvalue weighted by Crippen LogP contribution is -2.19. The summed E-state index contributed by atoms with van der Waals surface area (Å²) in [6.07, 6.45) is 3.10. The third kappa shape index (κ3) is 4.95. The minimum absolute atomic E-state index is 0.218. The van der Waals surface area contributed by atoms with Gasteiger partial charge in [-0.2, -0.15) is 0 Å². The van der Waals surface area contributed by atoms with Gasteiger partial charge in [0.25, 0.3) is 0 Å². The third-order valence-electron chi connectivity index (χ3n) is 4.31. The molecule has 0 aliphatic rings. The normalized spacial score (nSPS) is 11.1. The summed E-state index contributed by atoms with van der Waals surface area (Å²) in [6.45, 7) is 0.313. The molecule has 0 bridgehead atoms. The average molecular weight is 448 g/mol. The van der Waals surface area contributed by atoms with Gasteiger partial charge in [0.2, 0.25) is 5.91 Å². The Kier molecular flexibility index (Phi) is 5.77. The van der Waals surface area contributed by atoms with Gasteiger partial charge in [0.05, 0.1) is 6.54 Å². The molecule has 0 saturated heterocycles. The molecule has 29 heavy (non-hydrogen) atoms. The molecule has 4 rings (SSSR count). The van der Waals surface area contributed by atoms with E-state index in [2.05, 4.69) is 21.2 Å². The van der Waals surface area contributed by atoms with E-state index in [0.717, 1.165) is 27.1 Å². The fraction of sp³-hybridized carbons (Fsp3) is 0.0417. The second-order valence-electron chi connectivity index (χ2n) is 6.39. The Morgan fingerprint density at radius 3 is 2.31 bits per heavy atom. The van der Waals surface area contributed by atoms with Crippen LogP contribution in [0.2, 0.25) is 0 Å². The average Bonchev–Trinajstić information content (AvgIpc) is 3.42. The SMILES string of the molecule is O=C(/C=C/c1ccc(-c2ccccc2)o1)NCc1ccc(-c2ccc(Br)cc2)o1. The predicted molar refractivity (Wildman–Crippen MR) is 117 cm³/mol. The highest BCUT2D eigenvalue weighted by Crippen LogP contribution is 2.24. The summed E-state index contributed by atoms with van der Waals surface area (Å²) in [5.74, 6) is 2.62. The quantitative estimate of drug-likeness (QED) is 0.352. The first-order valence-corrected chi connectivity index (χ1v) is 9.92. The van der Waals surface area contributed by atoms with E-state index in [0.29, 0.717) is 18.1 Å². The first-order valence-electron chi connectivity index (χ1n) is 9.13. The van der Waals surface area contributed by atoms with E-state index >= 15 is 0 Å². The van der Waals surface area contributed by atoms with Crippen molar-refractivity contribution in [3.8, 4) is 22.6 Å². The van der Waals surface area contributed by atoms with Gasteiger partial charge in [-0.15, -0.1) is 0 Å².